The van der Waals surface area contributed by atoms with Gasteiger partial charge in [-0.3, -0.25) is 0 Å². The van der Waals surface area contributed by atoms with Crippen LogP contribution in [0.5, 0.6) is 0 Å². The first-order valence-corrected chi connectivity index (χ1v) is 7.50. The van der Waals surface area contributed by atoms with Gasteiger partial charge in [-0.25, -0.2) is 4.79 Å². The SMILES string of the molecule is Cc1sc(C(=O)O)cc1CN(C)CC1CCCN1C. The first kappa shape index (κ1) is 14.5. The summed E-state index contributed by atoms with van der Waals surface area (Å²) in [5.41, 5.74) is 1.14. The molecule has 1 saturated heterocycles. The molecular weight excluding hydrogens is 260 g/mol. The minimum Gasteiger partial charge on any atom is -0.477 e. The van der Waals surface area contributed by atoms with Crippen LogP contribution in [0.3, 0.4) is 0 Å². The predicted octanol–water partition coefficient (Wildman–Crippen LogP) is 2.28. The largest absolute Gasteiger partial charge is 0.477 e. The number of carboxylic acids is 1. The minimum atomic E-state index is -0.822. The van der Waals surface area contributed by atoms with Gasteiger partial charge in [-0.15, -0.1) is 11.3 Å². The van der Waals surface area contributed by atoms with Crippen LogP contribution in [0.2, 0.25) is 0 Å². The molecule has 19 heavy (non-hydrogen) atoms. The van der Waals surface area contributed by atoms with Gasteiger partial charge in [-0.2, -0.15) is 0 Å². The summed E-state index contributed by atoms with van der Waals surface area (Å²) in [7, 11) is 4.30. The number of rotatable bonds is 5. The average molecular weight is 282 g/mol. The molecule has 1 N–H and O–H groups in total. The number of hydrogen-bond acceptors (Lipinski definition) is 4. The van der Waals surface area contributed by atoms with Crippen LogP contribution in [0.15, 0.2) is 6.07 Å². The third-order valence-corrected chi connectivity index (χ3v) is 4.95. The van der Waals surface area contributed by atoms with Gasteiger partial charge in [0.1, 0.15) is 4.88 Å². The molecule has 0 aliphatic carbocycles. The van der Waals surface area contributed by atoms with Crippen LogP contribution in [-0.4, -0.2) is 54.1 Å². The lowest BCUT2D eigenvalue weighted by molar-refractivity contribution is 0.0702. The van der Waals surface area contributed by atoms with E-state index in [-0.39, 0.29) is 0 Å². The van der Waals surface area contributed by atoms with Crippen LogP contribution in [0.1, 0.15) is 33.0 Å². The van der Waals surface area contributed by atoms with E-state index in [0.29, 0.717) is 10.9 Å². The van der Waals surface area contributed by atoms with Crippen molar-refractivity contribution < 1.29 is 9.90 Å². The number of likely N-dealkylation sites (tertiary alicyclic amines) is 1. The Morgan fingerprint density at radius 3 is 2.89 bits per heavy atom. The van der Waals surface area contributed by atoms with Crippen LogP contribution < -0.4 is 0 Å². The van der Waals surface area contributed by atoms with Crippen LogP contribution >= 0.6 is 11.3 Å². The van der Waals surface area contributed by atoms with E-state index >= 15 is 0 Å². The summed E-state index contributed by atoms with van der Waals surface area (Å²) in [5.74, 6) is -0.822. The van der Waals surface area contributed by atoms with Crippen molar-refractivity contribution in [3.63, 3.8) is 0 Å². The Morgan fingerprint density at radius 1 is 1.63 bits per heavy atom. The minimum absolute atomic E-state index is 0.443. The van der Waals surface area contributed by atoms with Gasteiger partial charge in [0.05, 0.1) is 0 Å². The molecule has 5 heteroatoms. The Hall–Kier alpha value is -0.910. The van der Waals surface area contributed by atoms with Gasteiger partial charge in [0, 0.05) is 24.0 Å². The molecule has 2 rings (SSSR count). The summed E-state index contributed by atoms with van der Waals surface area (Å²) >= 11 is 1.37. The predicted molar refractivity (Wildman–Crippen MR) is 78.0 cm³/mol. The molecule has 0 aromatic carbocycles. The Balaban J connectivity index is 1.94. The summed E-state index contributed by atoms with van der Waals surface area (Å²) in [6.07, 6.45) is 2.56. The molecule has 0 radical (unpaired) electrons. The van der Waals surface area contributed by atoms with Crippen molar-refractivity contribution in [2.45, 2.75) is 32.4 Å². The molecule has 1 aliphatic rings. The van der Waals surface area contributed by atoms with Crippen molar-refractivity contribution in [2.75, 3.05) is 27.2 Å². The summed E-state index contributed by atoms with van der Waals surface area (Å²) < 4.78 is 0. The second-order valence-electron chi connectivity index (χ2n) is 5.47. The highest BCUT2D eigenvalue weighted by atomic mass is 32.1. The summed E-state index contributed by atoms with van der Waals surface area (Å²) in [6, 6.07) is 2.46. The highest BCUT2D eigenvalue weighted by Crippen LogP contribution is 2.23. The number of hydrogen-bond donors (Lipinski definition) is 1. The maximum absolute atomic E-state index is 11.0. The number of aryl methyl sites for hydroxylation is 1. The van der Waals surface area contributed by atoms with E-state index in [1.54, 1.807) is 0 Å². The average Bonchev–Trinajstić information content (AvgIpc) is 2.87. The molecule has 0 amide bonds. The lowest BCUT2D eigenvalue weighted by Crippen LogP contribution is -2.36. The number of carboxylic acid groups (broad SMARTS) is 1. The maximum atomic E-state index is 11.0. The Morgan fingerprint density at radius 2 is 2.37 bits per heavy atom. The van der Waals surface area contributed by atoms with Gasteiger partial charge < -0.3 is 14.9 Å². The zero-order valence-electron chi connectivity index (χ0n) is 11.8. The Bertz CT molecular complexity index is 458. The van der Waals surface area contributed by atoms with Crippen molar-refractivity contribution in [2.24, 2.45) is 0 Å². The van der Waals surface area contributed by atoms with E-state index in [9.17, 15) is 4.79 Å². The lowest BCUT2D eigenvalue weighted by Gasteiger charge is -2.25. The highest BCUT2D eigenvalue weighted by molar-refractivity contribution is 7.14. The molecule has 0 saturated carbocycles. The molecule has 4 nitrogen and oxygen atoms in total. The van der Waals surface area contributed by atoms with Gasteiger partial charge in [0.15, 0.2) is 0 Å². The zero-order valence-corrected chi connectivity index (χ0v) is 12.7. The number of likely N-dealkylation sites (N-methyl/N-ethyl adjacent to an activating group) is 2. The van der Waals surface area contributed by atoms with Gasteiger partial charge in [0.2, 0.25) is 0 Å². The normalized spacial score (nSPS) is 20.3. The second kappa shape index (κ2) is 6.03. The summed E-state index contributed by atoms with van der Waals surface area (Å²) in [4.78, 5) is 17.2. The Labute approximate surface area is 118 Å². The standard InChI is InChI=1S/C14H22N2O2S/c1-10-11(7-13(19-10)14(17)18)8-15(2)9-12-5-4-6-16(12)3/h7,12H,4-6,8-9H2,1-3H3,(H,17,18). The molecular formula is C14H22N2O2S. The molecule has 1 unspecified atom stereocenters. The fraction of sp³-hybridized carbons (Fsp3) is 0.643. The van der Waals surface area contributed by atoms with Crippen molar-refractivity contribution in [3.05, 3.63) is 21.4 Å². The molecule has 0 spiro atoms. The van der Waals surface area contributed by atoms with Crippen LogP contribution in [0.25, 0.3) is 0 Å². The second-order valence-corrected chi connectivity index (χ2v) is 6.73. The molecule has 1 atom stereocenters. The van der Waals surface area contributed by atoms with Crippen molar-refractivity contribution in [1.29, 1.82) is 0 Å². The fourth-order valence-electron chi connectivity index (χ4n) is 2.71. The van der Waals surface area contributed by atoms with Gasteiger partial charge in [-0.05, 0) is 52.0 Å². The molecule has 106 valence electrons. The highest BCUT2D eigenvalue weighted by Gasteiger charge is 2.22. The van der Waals surface area contributed by atoms with Crippen molar-refractivity contribution in [1.82, 2.24) is 9.80 Å². The van der Waals surface area contributed by atoms with Gasteiger partial charge in [-0.1, -0.05) is 0 Å². The number of thiophene rings is 1. The van der Waals surface area contributed by atoms with E-state index in [0.717, 1.165) is 23.5 Å². The van der Waals surface area contributed by atoms with Crippen molar-refractivity contribution >= 4 is 17.3 Å². The van der Waals surface area contributed by atoms with E-state index in [1.807, 2.05) is 13.0 Å². The topological polar surface area (TPSA) is 43.8 Å². The maximum Gasteiger partial charge on any atom is 0.345 e. The molecule has 1 aromatic heterocycles. The fourth-order valence-corrected chi connectivity index (χ4v) is 3.58. The summed E-state index contributed by atoms with van der Waals surface area (Å²) in [6.45, 7) is 5.08. The smallest absolute Gasteiger partial charge is 0.345 e. The molecule has 1 aliphatic heterocycles. The Kier molecular flexibility index (Phi) is 4.60. The number of carbonyl (C=O) groups is 1. The first-order valence-electron chi connectivity index (χ1n) is 6.68. The van der Waals surface area contributed by atoms with Crippen molar-refractivity contribution in [3.8, 4) is 0 Å². The zero-order chi connectivity index (χ0) is 14.0. The third kappa shape index (κ3) is 3.55. The third-order valence-electron chi connectivity index (χ3n) is 3.87. The van der Waals surface area contributed by atoms with Crippen LogP contribution in [0.4, 0.5) is 0 Å². The lowest BCUT2D eigenvalue weighted by atomic mass is 10.2. The molecule has 0 bridgehead atoms. The van der Waals surface area contributed by atoms with Gasteiger partial charge >= 0.3 is 5.97 Å². The number of aromatic carboxylic acids is 1. The molecule has 2 heterocycles. The van der Waals surface area contributed by atoms with Gasteiger partial charge in [0.25, 0.3) is 0 Å². The summed E-state index contributed by atoms with van der Waals surface area (Å²) in [5, 5.41) is 9.01. The van der Waals surface area contributed by atoms with Crippen LogP contribution in [0, 0.1) is 6.92 Å². The first-order chi connectivity index (χ1) is 8.97. The van der Waals surface area contributed by atoms with E-state index in [1.165, 1.54) is 30.7 Å². The number of nitrogens with zero attached hydrogens (tertiary/aromatic N) is 2. The van der Waals surface area contributed by atoms with E-state index in [2.05, 4.69) is 23.9 Å². The van der Waals surface area contributed by atoms with E-state index < -0.39 is 5.97 Å². The molecule has 1 fully saturated rings. The quantitative estimate of drug-likeness (QED) is 0.900. The monoisotopic (exact) mass is 282 g/mol. The van der Waals surface area contributed by atoms with Crippen LogP contribution in [-0.2, 0) is 6.54 Å². The van der Waals surface area contributed by atoms with E-state index in [4.69, 9.17) is 5.11 Å². The molecule has 1 aromatic rings.